The van der Waals surface area contributed by atoms with Gasteiger partial charge in [0.2, 0.25) is 11.8 Å². The van der Waals surface area contributed by atoms with Crippen molar-refractivity contribution < 1.29 is 9.59 Å². The Morgan fingerprint density at radius 1 is 1.14 bits per heavy atom. The van der Waals surface area contributed by atoms with Crippen molar-refractivity contribution in [3.8, 4) is 0 Å². The van der Waals surface area contributed by atoms with E-state index >= 15 is 0 Å². The Morgan fingerprint density at radius 2 is 1.86 bits per heavy atom. The molecule has 8 heteroatoms. The molecule has 0 atom stereocenters. The minimum Gasteiger partial charge on any atom is -0.339 e. The van der Waals surface area contributed by atoms with Crippen molar-refractivity contribution in [2.45, 2.75) is 11.8 Å². The highest BCUT2D eigenvalue weighted by Crippen LogP contribution is 2.25. The van der Waals surface area contributed by atoms with Crippen LogP contribution in [0.15, 0.2) is 51.8 Å². The molecule has 0 spiro atoms. The zero-order valence-electron chi connectivity index (χ0n) is 16.2. The minimum atomic E-state index is -0.0980. The summed E-state index contributed by atoms with van der Waals surface area (Å²) in [6.07, 6.45) is 0. The number of halogens is 2. The molecular weight excluding hydrogens is 474 g/mol. The third-order valence-electron chi connectivity index (χ3n) is 4.73. The van der Waals surface area contributed by atoms with E-state index in [1.165, 1.54) is 0 Å². The Labute approximate surface area is 188 Å². The van der Waals surface area contributed by atoms with Crippen LogP contribution in [0, 0.1) is 6.92 Å². The summed E-state index contributed by atoms with van der Waals surface area (Å²) in [6.45, 7) is 4.98. The Kier molecular flexibility index (Phi) is 8.00. The molecule has 0 aliphatic carbocycles. The standard InChI is InChI=1S/C21H23BrClN3O2S/c1-15-12-16(22)6-7-19(15)29-14-21(28)26-10-8-25(9-11-26)13-20(27)24-18-5-3-2-4-17(18)23/h2-7,12H,8-11,13-14H2,1H3,(H,24,27). The molecule has 2 aromatic carbocycles. The number of hydrogen-bond acceptors (Lipinski definition) is 4. The average Bonchev–Trinajstić information content (AvgIpc) is 2.69. The Hall–Kier alpha value is -1.54. The van der Waals surface area contributed by atoms with Crippen LogP contribution in [0.3, 0.4) is 0 Å². The van der Waals surface area contributed by atoms with Gasteiger partial charge >= 0.3 is 0 Å². The zero-order valence-corrected chi connectivity index (χ0v) is 19.3. The smallest absolute Gasteiger partial charge is 0.238 e. The Morgan fingerprint density at radius 3 is 2.55 bits per heavy atom. The van der Waals surface area contributed by atoms with Crippen molar-refractivity contribution >= 4 is 56.8 Å². The number of amides is 2. The SMILES string of the molecule is Cc1cc(Br)ccc1SCC(=O)N1CCN(CC(=O)Nc2ccccc2Cl)CC1. The number of thioether (sulfide) groups is 1. The van der Waals surface area contributed by atoms with Gasteiger partial charge in [0.05, 0.1) is 23.0 Å². The van der Waals surface area contributed by atoms with Gasteiger partial charge in [-0.25, -0.2) is 0 Å². The van der Waals surface area contributed by atoms with E-state index in [0.29, 0.717) is 49.2 Å². The fraction of sp³-hybridized carbons (Fsp3) is 0.333. The number of para-hydroxylation sites is 1. The lowest BCUT2D eigenvalue weighted by Gasteiger charge is -2.34. The molecule has 1 fully saturated rings. The van der Waals surface area contributed by atoms with Gasteiger partial charge in [-0.05, 0) is 42.8 Å². The summed E-state index contributed by atoms with van der Waals surface area (Å²) in [6, 6.07) is 13.3. The topological polar surface area (TPSA) is 52.7 Å². The third kappa shape index (κ3) is 6.47. The first kappa shape index (κ1) is 22.2. The van der Waals surface area contributed by atoms with Gasteiger partial charge in [0.25, 0.3) is 0 Å². The lowest BCUT2D eigenvalue weighted by molar-refractivity contribution is -0.130. The number of benzene rings is 2. The third-order valence-corrected chi connectivity index (χ3v) is 6.71. The highest BCUT2D eigenvalue weighted by atomic mass is 79.9. The Balaban J connectivity index is 1.42. The summed E-state index contributed by atoms with van der Waals surface area (Å²) in [5.41, 5.74) is 1.78. The fourth-order valence-electron chi connectivity index (χ4n) is 3.12. The predicted octanol–water partition coefficient (Wildman–Crippen LogP) is 4.29. The van der Waals surface area contributed by atoms with Gasteiger partial charge in [0, 0.05) is 35.5 Å². The maximum absolute atomic E-state index is 12.5. The number of hydrogen-bond donors (Lipinski definition) is 1. The number of aryl methyl sites for hydroxylation is 1. The molecule has 0 radical (unpaired) electrons. The Bertz CT molecular complexity index is 888. The van der Waals surface area contributed by atoms with E-state index in [1.54, 1.807) is 23.9 Å². The number of piperazine rings is 1. The predicted molar refractivity (Wildman–Crippen MR) is 123 cm³/mol. The normalized spacial score (nSPS) is 14.7. The summed E-state index contributed by atoms with van der Waals surface area (Å²) in [5, 5.41) is 3.36. The first-order valence-electron chi connectivity index (χ1n) is 9.36. The molecular formula is C21H23BrClN3O2S. The van der Waals surface area contributed by atoms with Crippen molar-refractivity contribution in [2.24, 2.45) is 0 Å². The maximum atomic E-state index is 12.5. The molecule has 3 rings (SSSR count). The first-order chi connectivity index (χ1) is 13.9. The van der Waals surface area contributed by atoms with Crippen LogP contribution in [0.1, 0.15) is 5.56 Å². The maximum Gasteiger partial charge on any atom is 0.238 e. The van der Waals surface area contributed by atoms with Crippen LogP contribution in [-0.4, -0.2) is 60.1 Å². The molecule has 0 saturated carbocycles. The van der Waals surface area contributed by atoms with E-state index in [4.69, 9.17) is 11.6 Å². The van der Waals surface area contributed by atoms with E-state index < -0.39 is 0 Å². The molecule has 1 N–H and O–H groups in total. The van der Waals surface area contributed by atoms with Crippen molar-refractivity contribution in [3.05, 3.63) is 57.5 Å². The quantitative estimate of drug-likeness (QED) is 0.606. The van der Waals surface area contributed by atoms with Crippen LogP contribution in [0.2, 0.25) is 5.02 Å². The number of nitrogens with one attached hydrogen (secondary N) is 1. The molecule has 0 bridgehead atoms. The van der Waals surface area contributed by atoms with E-state index in [0.717, 1.165) is 14.9 Å². The van der Waals surface area contributed by atoms with Gasteiger partial charge in [-0.15, -0.1) is 11.8 Å². The lowest BCUT2D eigenvalue weighted by atomic mass is 10.2. The van der Waals surface area contributed by atoms with Gasteiger partial charge in [-0.2, -0.15) is 0 Å². The molecule has 5 nitrogen and oxygen atoms in total. The summed E-state index contributed by atoms with van der Waals surface area (Å²) in [7, 11) is 0. The number of nitrogens with zero attached hydrogens (tertiary/aromatic N) is 2. The molecule has 0 unspecified atom stereocenters. The van der Waals surface area contributed by atoms with Crippen LogP contribution in [0.4, 0.5) is 5.69 Å². The van der Waals surface area contributed by atoms with Gasteiger partial charge < -0.3 is 10.2 Å². The molecule has 0 aromatic heterocycles. The molecule has 1 aliphatic heterocycles. The largest absolute Gasteiger partial charge is 0.339 e. The summed E-state index contributed by atoms with van der Waals surface area (Å²) in [4.78, 5) is 29.9. The van der Waals surface area contributed by atoms with E-state index in [9.17, 15) is 9.59 Å². The van der Waals surface area contributed by atoms with Crippen molar-refractivity contribution in [1.29, 1.82) is 0 Å². The number of carbonyl (C=O) groups is 2. The number of carbonyl (C=O) groups excluding carboxylic acids is 2. The summed E-state index contributed by atoms with van der Waals surface area (Å²) >= 11 is 11.1. The second-order valence-electron chi connectivity index (χ2n) is 6.88. The molecule has 154 valence electrons. The van der Waals surface area contributed by atoms with Gasteiger partial charge in [0.15, 0.2) is 0 Å². The van der Waals surface area contributed by atoms with Crippen molar-refractivity contribution in [3.63, 3.8) is 0 Å². The van der Waals surface area contributed by atoms with Gasteiger partial charge in [-0.3, -0.25) is 14.5 Å². The number of rotatable bonds is 6. The number of anilines is 1. The second-order valence-corrected chi connectivity index (χ2v) is 9.22. The van der Waals surface area contributed by atoms with Crippen LogP contribution in [-0.2, 0) is 9.59 Å². The second kappa shape index (κ2) is 10.5. The van der Waals surface area contributed by atoms with Crippen LogP contribution in [0.25, 0.3) is 0 Å². The van der Waals surface area contributed by atoms with Gasteiger partial charge in [-0.1, -0.05) is 39.7 Å². The lowest BCUT2D eigenvalue weighted by Crippen LogP contribution is -2.50. The molecule has 1 saturated heterocycles. The van der Waals surface area contributed by atoms with E-state index in [-0.39, 0.29) is 11.8 Å². The van der Waals surface area contributed by atoms with Crippen LogP contribution in [0.5, 0.6) is 0 Å². The summed E-state index contributed by atoms with van der Waals surface area (Å²) in [5.74, 6) is 0.465. The highest BCUT2D eigenvalue weighted by molar-refractivity contribution is 9.10. The molecule has 1 heterocycles. The van der Waals surface area contributed by atoms with E-state index in [1.807, 2.05) is 36.1 Å². The average molecular weight is 497 g/mol. The van der Waals surface area contributed by atoms with E-state index in [2.05, 4.69) is 32.2 Å². The minimum absolute atomic E-state index is 0.0980. The van der Waals surface area contributed by atoms with Crippen molar-refractivity contribution in [2.75, 3.05) is 43.8 Å². The molecule has 2 amide bonds. The van der Waals surface area contributed by atoms with Crippen LogP contribution < -0.4 is 5.32 Å². The van der Waals surface area contributed by atoms with Crippen LogP contribution >= 0.6 is 39.3 Å². The molecule has 29 heavy (non-hydrogen) atoms. The van der Waals surface area contributed by atoms with Gasteiger partial charge in [0.1, 0.15) is 0 Å². The molecule has 2 aromatic rings. The highest BCUT2D eigenvalue weighted by Gasteiger charge is 2.22. The zero-order chi connectivity index (χ0) is 20.8. The first-order valence-corrected chi connectivity index (χ1v) is 11.5. The molecule has 1 aliphatic rings. The summed E-state index contributed by atoms with van der Waals surface area (Å²) < 4.78 is 1.04. The van der Waals surface area contributed by atoms with Crippen molar-refractivity contribution in [1.82, 2.24) is 9.80 Å². The monoisotopic (exact) mass is 495 g/mol. The fourth-order valence-corrected chi connectivity index (χ4v) is 4.69.